The third-order valence-electron chi connectivity index (χ3n) is 8.29. The third kappa shape index (κ3) is 24.1. The Morgan fingerprint density at radius 3 is 0.868 bits per heavy atom. The number of aryl methyl sites for hydroxylation is 2. The van der Waals surface area contributed by atoms with E-state index < -0.39 is 0 Å². The van der Waals surface area contributed by atoms with Crippen LogP contribution in [0.25, 0.3) is 0 Å². The summed E-state index contributed by atoms with van der Waals surface area (Å²) in [6, 6.07) is 2.25. The van der Waals surface area contributed by atoms with Gasteiger partial charge in [-0.05, 0) is 31.7 Å². The first kappa shape index (κ1) is 35.1. The molecule has 1 aromatic heterocycles. The van der Waals surface area contributed by atoms with Gasteiger partial charge in [0.2, 0.25) is 0 Å². The minimum absolute atomic E-state index is 1.10. The van der Waals surface area contributed by atoms with Gasteiger partial charge in [0, 0.05) is 11.4 Å². The van der Waals surface area contributed by atoms with Gasteiger partial charge in [-0.1, -0.05) is 181 Å². The van der Waals surface area contributed by atoms with E-state index in [0.717, 1.165) is 12.8 Å². The van der Waals surface area contributed by atoms with E-state index in [2.05, 4.69) is 36.2 Å². The first-order valence-corrected chi connectivity index (χ1v) is 17.6. The van der Waals surface area contributed by atoms with Gasteiger partial charge in [-0.2, -0.15) is 0 Å². The highest BCUT2D eigenvalue weighted by molar-refractivity contribution is 5.08. The summed E-state index contributed by atoms with van der Waals surface area (Å²) in [6.07, 6.45) is 44.7. The third-order valence-corrected chi connectivity index (χ3v) is 8.29. The monoisotopic (exact) mass is 528 g/mol. The number of rotatable bonds is 30. The molecule has 0 unspecified atom stereocenters. The van der Waals surface area contributed by atoms with Crippen molar-refractivity contribution in [1.82, 2.24) is 9.97 Å². The first-order valence-electron chi connectivity index (χ1n) is 17.6. The van der Waals surface area contributed by atoms with Crippen LogP contribution in [0, 0.1) is 6.33 Å². The van der Waals surface area contributed by atoms with Crippen LogP contribution in [0.3, 0.4) is 0 Å². The summed E-state index contributed by atoms with van der Waals surface area (Å²) in [5, 5.41) is 0. The largest absolute Gasteiger partial charge is 0.230 e. The van der Waals surface area contributed by atoms with E-state index in [-0.39, 0.29) is 0 Å². The van der Waals surface area contributed by atoms with Gasteiger partial charge in [0.1, 0.15) is 0 Å². The molecule has 1 heterocycles. The van der Waals surface area contributed by atoms with Crippen LogP contribution in [0.1, 0.15) is 205 Å². The van der Waals surface area contributed by atoms with Crippen molar-refractivity contribution < 1.29 is 0 Å². The molecule has 0 spiro atoms. The smallest absolute Gasteiger partial charge is 0.198 e. The fourth-order valence-corrected chi connectivity index (χ4v) is 5.67. The highest BCUT2D eigenvalue weighted by Crippen LogP contribution is 2.15. The Hall–Kier alpha value is -0.920. The summed E-state index contributed by atoms with van der Waals surface area (Å²) in [5.74, 6) is 0. The van der Waals surface area contributed by atoms with Crippen LogP contribution >= 0.6 is 0 Å². The maximum Gasteiger partial charge on any atom is 0.198 e. The minimum atomic E-state index is 1.10. The summed E-state index contributed by atoms with van der Waals surface area (Å²) in [6.45, 7) is 4.60. The summed E-state index contributed by atoms with van der Waals surface area (Å²) >= 11 is 0. The van der Waals surface area contributed by atoms with Gasteiger partial charge >= 0.3 is 0 Å². The molecular formula is C36H67N2. The molecule has 1 radical (unpaired) electrons. The van der Waals surface area contributed by atoms with Crippen molar-refractivity contribution in [2.24, 2.45) is 0 Å². The highest BCUT2D eigenvalue weighted by Gasteiger charge is 2.01. The molecule has 0 aliphatic heterocycles. The zero-order valence-corrected chi connectivity index (χ0v) is 26.2. The normalized spacial score (nSPS) is 11.4. The van der Waals surface area contributed by atoms with E-state index in [4.69, 9.17) is 0 Å². The van der Waals surface area contributed by atoms with E-state index in [0.29, 0.717) is 0 Å². The standard InChI is InChI=1S/C36H67N2/c1-3-5-7-9-11-13-15-17-19-21-23-25-27-29-31-35-33-36(38-34-37-35)32-30-28-26-24-22-20-18-16-14-12-10-8-6-4-2/h33H,3-32H2,1-2H3. The van der Waals surface area contributed by atoms with E-state index in [1.807, 2.05) is 0 Å². The second-order valence-electron chi connectivity index (χ2n) is 12.1. The number of aromatic nitrogens is 2. The molecule has 0 atom stereocenters. The van der Waals surface area contributed by atoms with Crippen LogP contribution in [0.15, 0.2) is 6.07 Å². The van der Waals surface area contributed by atoms with Crippen LogP contribution in [0.5, 0.6) is 0 Å². The van der Waals surface area contributed by atoms with Crippen LogP contribution in [0.4, 0.5) is 0 Å². The molecule has 0 saturated heterocycles. The van der Waals surface area contributed by atoms with Crippen molar-refractivity contribution in [2.45, 2.75) is 206 Å². The molecule has 1 aromatic rings. The molecule has 2 nitrogen and oxygen atoms in total. The lowest BCUT2D eigenvalue weighted by molar-refractivity contribution is 0.534. The Morgan fingerprint density at radius 1 is 0.368 bits per heavy atom. The van der Waals surface area contributed by atoms with Crippen LogP contribution in [0.2, 0.25) is 0 Å². The lowest BCUT2D eigenvalue weighted by Crippen LogP contribution is -1.97. The molecule has 0 aromatic carbocycles. The Balaban J connectivity index is 1.88. The van der Waals surface area contributed by atoms with Crippen molar-refractivity contribution >= 4 is 0 Å². The fourth-order valence-electron chi connectivity index (χ4n) is 5.67. The van der Waals surface area contributed by atoms with Gasteiger partial charge in [-0.3, -0.25) is 0 Å². The number of nitrogens with zero attached hydrogens (tertiary/aromatic N) is 2. The SMILES string of the molecule is CCCCCCCCCCCCCCCCc1cc(CCCCCCCCCCCCCCCC)n[c]n1. The zero-order valence-electron chi connectivity index (χ0n) is 26.2. The van der Waals surface area contributed by atoms with Gasteiger partial charge in [0.05, 0.1) is 0 Å². The molecule has 0 saturated carbocycles. The first-order chi connectivity index (χ1) is 18.9. The highest BCUT2D eigenvalue weighted by atomic mass is 14.8. The van der Waals surface area contributed by atoms with Crippen LogP contribution in [-0.2, 0) is 12.8 Å². The number of unbranched alkanes of at least 4 members (excludes halogenated alkanes) is 26. The molecule has 0 fully saturated rings. The maximum atomic E-state index is 4.42. The quantitative estimate of drug-likeness (QED) is 0.0929. The lowest BCUT2D eigenvalue weighted by Gasteiger charge is -2.05. The van der Waals surface area contributed by atoms with Gasteiger partial charge in [-0.15, -0.1) is 0 Å². The van der Waals surface area contributed by atoms with Crippen molar-refractivity contribution in [3.63, 3.8) is 0 Å². The number of hydrogen-bond donors (Lipinski definition) is 0. The Kier molecular flexibility index (Phi) is 26.9. The number of hydrogen-bond acceptors (Lipinski definition) is 2. The summed E-state index contributed by atoms with van der Waals surface area (Å²) < 4.78 is 0. The fraction of sp³-hybridized carbons (Fsp3) is 0.889. The second kappa shape index (κ2) is 29.1. The minimum Gasteiger partial charge on any atom is -0.230 e. The maximum absolute atomic E-state index is 4.42. The molecule has 0 aliphatic rings. The molecule has 0 aliphatic carbocycles. The van der Waals surface area contributed by atoms with E-state index in [1.165, 1.54) is 191 Å². The average molecular weight is 528 g/mol. The van der Waals surface area contributed by atoms with Crippen molar-refractivity contribution in [3.8, 4) is 0 Å². The van der Waals surface area contributed by atoms with E-state index >= 15 is 0 Å². The van der Waals surface area contributed by atoms with E-state index in [9.17, 15) is 0 Å². The predicted molar refractivity (Wildman–Crippen MR) is 169 cm³/mol. The van der Waals surface area contributed by atoms with Gasteiger partial charge < -0.3 is 0 Å². The van der Waals surface area contributed by atoms with Crippen molar-refractivity contribution in [1.29, 1.82) is 0 Å². The molecule has 0 amide bonds. The van der Waals surface area contributed by atoms with E-state index in [1.54, 1.807) is 0 Å². The Bertz CT molecular complexity index is 537. The molecule has 2 heteroatoms. The molecule has 0 bridgehead atoms. The van der Waals surface area contributed by atoms with Gasteiger partial charge in [0.25, 0.3) is 0 Å². The summed E-state index contributed by atoms with van der Waals surface area (Å²) in [5.41, 5.74) is 2.42. The Morgan fingerprint density at radius 2 is 0.605 bits per heavy atom. The van der Waals surface area contributed by atoms with Crippen LogP contribution < -0.4 is 0 Å². The lowest BCUT2D eigenvalue weighted by atomic mass is 10.0. The van der Waals surface area contributed by atoms with Gasteiger partial charge in [0.15, 0.2) is 6.33 Å². The topological polar surface area (TPSA) is 25.8 Å². The predicted octanol–water partition coefficient (Wildman–Crippen LogP) is 12.3. The molecule has 0 N–H and O–H groups in total. The molecule has 1 rings (SSSR count). The Labute approximate surface area is 240 Å². The average Bonchev–Trinajstić information content (AvgIpc) is 2.93. The van der Waals surface area contributed by atoms with Crippen molar-refractivity contribution in [2.75, 3.05) is 0 Å². The molecular weight excluding hydrogens is 460 g/mol. The second-order valence-corrected chi connectivity index (χ2v) is 12.1. The molecule has 221 valence electrons. The van der Waals surface area contributed by atoms with Crippen molar-refractivity contribution in [3.05, 3.63) is 23.8 Å². The summed E-state index contributed by atoms with van der Waals surface area (Å²) in [7, 11) is 0. The van der Waals surface area contributed by atoms with Gasteiger partial charge in [-0.25, -0.2) is 9.97 Å². The van der Waals surface area contributed by atoms with Crippen LogP contribution in [-0.4, -0.2) is 9.97 Å². The summed E-state index contributed by atoms with van der Waals surface area (Å²) in [4.78, 5) is 8.84. The molecule has 38 heavy (non-hydrogen) atoms. The zero-order chi connectivity index (χ0) is 27.2.